The van der Waals surface area contributed by atoms with E-state index in [1.54, 1.807) is 29.2 Å². The molecule has 0 aromatic heterocycles. The summed E-state index contributed by atoms with van der Waals surface area (Å²) in [5.74, 6) is 0. The number of anilines is 1. The van der Waals surface area contributed by atoms with E-state index < -0.39 is 0 Å². The summed E-state index contributed by atoms with van der Waals surface area (Å²) in [4.78, 5) is 14.0. The molecule has 1 N–H and O–H groups in total. The fourth-order valence-corrected chi connectivity index (χ4v) is 2.07. The Balaban J connectivity index is 2.06. The van der Waals surface area contributed by atoms with Crippen molar-refractivity contribution in [1.29, 1.82) is 10.5 Å². The molecule has 0 saturated heterocycles. The van der Waals surface area contributed by atoms with Crippen LogP contribution in [0.5, 0.6) is 0 Å². The summed E-state index contributed by atoms with van der Waals surface area (Å²) in [6, 6.07) is 20.1. The van der Waals surface area contributed by atoms with E-state index in [4.69, 9.17) is 10.5 Å². The largest absolute Gasteiger partial charge is 0.322 e. The van der Waals surface area contributed by atoms with Gasteiger partial charge in [0.15, 0.2) is 0 Å². The predicted octanol–water partition coefficient (Wildman–Crippen LogP) is 3.51. The highest BCUT2D eigenvalue weighted by atomic mass is 16.2. The van der Waals surface area contributed by atoms with Crippen molar-refractivity contribution in [3.63, 3.8) is 0 Å². The van der Waals surface area contributed by atoms with E-state index in [0.717, 1.165) is 5.56 Å². The highest BCUT2D eigenvalue weighted by molar-refractivity contribution is 5.89. The third-order valence-corrected chi connectivity index (χ3v) is 3.26. The smallest absolute Gasteiger partial charge is 0.319 e. The molecule has 2 amide bonds. The maximum absolute atomic E-state index is 12.4. The van der Waals surface area contributed by atoms with Crippen LogP contribution in [0, 0.1) is 22.7 Å². The molecule has 0 heterocycles. The van der Waals surface area contributed by atoms with Gasteiger partial charge in [-0.15, -0.1) is 0 Å². The highest BCUT2D eigenvalue weighted by Crippen LogP contribution is 2.12. The third-order valence-electron chi connectivity index (χ3n) is 3.26. The molecule has 0 atom stereocenters. The summed E-state index contributed by atoms with van der Waals surface area (Å²) in [6.07, 6.45) is 0.271. The molecule has 0 spiro atoms. The topological polar surface area (TPSA) is 79.9 Å². The lowest BCUT2D eigenvalue weighted by atomic mass is 10.2. The molecule has 5 nitrogen and oxygen atoms in total. The molecule has 0 fully saturated rings. The monoisotopic (exact) mass is 304 g/mol. The van der Waals surface area contributed by atoms with Crippen LogP contribution in [0.15, 0.2) is 54.6 Å². The van der Waals surface area contributed by atoms with Crippen molar-refractivity contribution >= 4 is 11.7 Å². The number of rotatable bonds is 5. The van der Waals surface area contributed by atoms with Crippen molar-refractivity contribution in [1.82, 2.24) is 4.90 Å². The number of hydrogen-bond donors (Lipinski definition) is 1. The Labute approximate surface area is 135 Å². The molecule has 0 aliphatic heterocycles. The van der Waals surface area contributed by atoms with Crippen LogP contribution in [0.2, 0.25) is 0 Å². The molecule has 5 heteroatoms. The minimum absolute atomic E-state index is 0.270. The molecule has 2 aromatic rings. The summed E-state index contributed by atoms with van der Waals surface area (Å²) in [6.45, 7) is 0.790. The Morgan fingerprint density at radius 2 is 1.74 bits per heavy atom. The van der Waals surface area contributed by atoms with Gasteiger partial charge in [-0.1, -0.05) is 30.3 Å². The van der Waals surface area contributed by atoms with Gasteiger partial charge in [0.05, 0.1) is 24.1 Å². The van der Waals surface area contributed by atoms with Crippen LogP contribution in [-0.2, 0) is 6.54 Å². The number of nitrogens with zero attached hydrogens (tertiary/aromatic N) is 3. The molecule has 2 aromatic carbocycles. The quantitative estimate of drug-likeness (QED) is 0.918. The van der Waals surface area contributed by atoms with Gasteiger partial charge in [-0.3, -0.25) is 0 Å². The zero-order valence-corrected chi connectivity index (χ0v) is 12.6. The Hall–Kier alpha value is -3.31. The van der Waals surface area contributed by atoms with Gasteiger partial charge < -0.3 is 10.2 Å². The zero-order chi connectivity index (χ0) is 16.5. The van der Waals surface area contributed by atoms with Crippen molar-refractivity contribution in [2.75, 3.05) is 11.9 Å². The van der Waals surface area contributed by atoms with Gasteiger partial charge in [0.2, 0.25) is 0 Å². The normalized spacial score (nSPS) is 9.48. The first-order chi connectivity index (χ1) is 11.2. The fourth-order valence-electron chi connectivity index (χ4n) is 2.07. The van der Waals surface area contributed by atoms with E-state index in [0.29, 0.717) is 24.3 Å². The van der Waals surface area contributed by atoms with Crippen LogP contribution in [0.1, 0.15) is 17.5 Å². The number of amides is 2. The van der Waals surface area contributed by atoms with Crippen LogP contribution in [0.25, 0.3) is 0 Å². The molecule has 0 aliphatic carbocycles. The first-order valence-corrected chi connectivity index (χ1v) is 7.20. The molecule has 23 heavy (non-hydrogen) atoms. The first-order valence-electron chi connectivity index (χ1n) is 7.20. The van der Waals surface area contributed by atoms with Crippen LogP contribution in [0.3, 0.4) is 0 Å². The Morgan fingerprint density at radius 3 is 2.35 bits per heavy atom. The van der Waals surface area contributed by atoms with Crippen molar-refractivity contribution in [3.8, 4) is 12.1 Å². The molecule has 2 rings (SSSR count). The van der Waals surface area contributed by atoms with E-state index >= 15 is 0 Å². The second kappa shape index (κ2) is 8.21. The van der Waals surface area contributed by atoms with Crippen LogP contribution >= 0.6 is 0 Å². The molecule has 0 aliphatic rings. The second-order valence-electron chi connectivity index (χ2n) is 4.93. The number of nitriles is 2. The number of hydrogen-bond acceptors (Lipinski definition) is 3. The fraction of sp³-hybridized carbons (Fsp3) is 0.167. The average molecular weight is 304 g/mol. The summed E-state index contributed by atoms with van der Waals surface area (Å²) >= 11 is 0. The minimum atomic E-state index is -0.270. The molecular weight excluding hydrogens is 288 g/mol. The summed E-state index contributed by atoms with van der Waals surface area (Å²) in [5, 5.41) is 20.3. The molecule has 0 saturated carbocycles. The van der Waals surface area contributed by atoms with Crippen LogP contribution in [-0.4, -0.2) is 17.5 Å². The molecule has 0 radical (unpaired) electrons. The van der Waals surface area contributed by atoms with Crippen LogP contribution < -0.4 is 5.32 Å². The van der Waals surface area contributed by atoms with E-state index in [1.165, 1.54) is 0 Å². The number of carbonyl (C=O) groups is 1. The Bertz CT molecular complexity index is 726. The van der Waals surface area contributed by atoms with E-state index in [2.05, 4.69) is 11.4 Å². The number of carbonyl (C=O) groups excluding carboxylic acids is 1. The van der Waals surface area contributed by atoms with Crippen molar-refractivity contribution in [3.05, 3.63) is 65.7 Å². The average Bonchev–Trinajstić information content (AvgIpc) is 2.60. The van der Waals surface area contributed by atoms with Crippen LogP contribution in [0.4, 0.5) is 10.5 Å². The number of nitrogens with one attached hydrogen (secondary N) is 1. The summed E-state index contributed by atoms with van der Waals surface area (Å²) < 4.78 is 0. The Morgan fingerprint density at radius 1 is 1.04 bits per heavy atom. The standard InChI is InChI=1S/C18H16N4O/c19-11-4-12-22(14-16-5-2-1-3-6-16)18(23)21-17-9-7-15(13-20)8-10-17/h1-3,5-10H,4,12,14H2,(H,21,23). The van der Waals surface area contributed by atoms with Gasteiger partial charge >= 0.3 is 6.03 Å². The van der Waals surface area contributed by atoms with Gasteiger partial charge in [-0.25, -0.2) is 4.79 Å². The van der Waals surface area contributed by atoms with Gasteiger partial charge in [0, 0.05) is 18.8 Å². The third kappa shape index (κ3) is 4.87. The first kappa shape index (κ1) is 16.1. The lowest BCUT2D eigenvalue weighted by Gasteiger charge is -2.22. The maximum atomic E-state index is 12.4. The summed E-state index contributed by atoms with van der Waals surface area (Å²) in [5.41, 5.74) is 2.15. The molecule has 114 valence electrons. The molecular formula is C18H16N4O. The van der Waals surface area contributed by atoms with E-state index in [-0.39, 0.29) is 12.5 Å². The maximum Gasteiger partial charge on any atom is 0.322 e. The predicted molar refractivity (Wildman–Crippen MR) is 87.3 cm³/mol. The SMILES string of the molecule is N#CCCN(Cc1ccccc1)C(=O)Nc1ccc(C#N)cc1. The highest BCUT2D eigenvalue weighted by Gasteiger charge is 2.14. The van der Waals surface area contributed by atoms with E-state index in [9.17, 15) is 4.79 Å². The number of benzene rings is 2. The number of urea groups is 1. The van der Waals surface area contributed by atoms with Crippen molar-refractivity contribution in [2.24, 2.45) is 0 Å². The Kier molecular flexibility index (Phi) is 5.74. The van der Waals surface area contributed by atoms with Crippen molar-refractivity contribution < 1.29 is 4.79 Å². The summed E-state index contributed by atoms with van der Waals surface area (Å²) in [7, 11) is 0. The lowest BCUT2D eigenvalue weighted by Crippen LogP contribution is -2.35. The second-order valence-corrected chi connectivity index (χ2v) is 4.93. The van der Waals surface area contributed by atoms with E-state index in [1.807, 2.05) is 36.4 Å². The van der Waals surface area contributed by atoms with Gasteiger partial charge in [-0.2, -0.15) is 10.5 Å². The molecule has 0 bridgehead atoms. The lowest BCUT2D eigenvalue weighted by molar-refractivity contribution is 0.210. The van der Waals surface area contributed by atoms with Gasteiger partial charge in [0.25, 0.3) is 0 Å². The van der Waals surface area contributed by atoms with Gasteiger partial charge in [-0.05, 0) is 29.8 Å². The zero-order valence-electron chi connectivity index (χ0n) is 12.6. The minimum Gasteiger partial charge on any atom is -0.319 e. The van der Waals surface area contributed by atoms with Gasteiger partial charge in [0.1, 0.15) is 0 Å². The molecule has 0 unspecified atom stereocenters. The van der Waals surface area contributed by atoms with Crippen molar-refractivity contribution in [2.45, 2.75) is 13.0 Å².